The summed E-state index contributed by atoms with van der Waals surface area (Å²) < 4.78 is 5.52. The Kier molecular flexibility index (Phi) is 7.09. The van der Waals surface area contributed by atoms with E-state index in [0.717, 1.165) is 37.0 Å². The van der Waals surface area contributed by atoms with E-state index in [-0.39, 0.29) is 12.1 Å². The molecule has 0 aromatic heterocycles. The van der Waals surface area contributed by atoms with Crippen molar-refractivity contribution < 1.29 is 14.6 Å². The van der Waals surface area contributed by atoms with Crippen LogP contribution >= 0.6 is 0 Å². The summed E-state index contributed by atoms with van der Waals surface area (Å²) in [6, 6.07) is 0.140. The molecule has 0 aromatic carbocycles. The number of amides is 1. The molecule has 138 valence electrons. The lowest BCUT2D eigenvalue weighted by Crippen LogP contribution is -2.41. The number of allylic oxidation sites excluding steroid dienone is 2. The minimum absolute atomic E-state index is 0.140. The van der Waals surface area contributed by atoms with E-state index in [0.29, 0.717) is 6.42 Å². The number of hydrogen-bond donors (Lipinski definition) is 1. The van der Waals surface area contributed by atoms with E-state index in [1.807, 2.05) is 65.5 Å². The second kappa shape index (κ2) is 8.19. The summed E-state index contributed by atoms with van der Waals surface area (Å²) in [7, 11) is 0. The number of nitrogens with zero attached hydrogens (tertiary/aromatic N) is 1. The van der Waals surface area contributed by atoms with Crippen molar-refractivity contribution in [1.82, 2.24) is 4.90 Å². The first-order chi connectivity index (χ1) is 11.0. The fourth-order valence-corrected chi connectivity index (χ4v) is 3.26. The number of hydrogen-bond acceptors (Lipinski definition) is 3. The minimum Gasteiger partial charge on any atom is -0.444 e. The molecule has 1 fully saturated rings. The zero-order valence-electron chi connectivity index (χ0n) is 16.5. The van der Waals surface area contributed by atoms with Crippen molar-refractivity contribution >= 4 is 6.09 Å². The van der Waals surface area contributed by atoms with E-state index in [9.17, 15) is 9.90 Å². The molecule has 0 spiro atoms. The highest BCUT2D eigenvalue weighted by Crippen LogP contribution is 2.34. The molecule has 0 aliphatic carbocycles. The van der Waals surface area contributed by atoms with Crippen molar-refractivity contribution in [2.75, 3.05) is 6.54 Å². The number of rotatable bonds is 5. The number of ether oxygens (including phenoxy) is 1. The molecule has 24 heavy (non-hydrogen) atoms. The summed E-state index contributed by atoms with van der Waals surface area (Å²) in [5.74, 6) is 0. The van der Waals surface area contributed by atoms with Crippen LogP contribution < -0.4 is 0 Å². The highest BCUT2D eigenvalue weighted by molar-refractivity contribution is 5.68. The first-order valence-corrected chi connectivity index (χ1v) is 9.04. The van der Waals surface area contributed by atoms with Gasteiger partial charge in [-0.3, -0.25) is 0 Å². The van der Waals surface area contributed by atoms with Gasteiger partial charge in [0.15, 0.2) is 0 Å². The van der Waals surface area contributed by atoms with Crippen LogP contribution in [0.15, 0.2) is 23.3 Å². The molecule has 2 atom stereocenters. The fourth-order valence-electron chi connectivity index (χ4n) is 3.26. The molecule has 4 heteroatoms. The number of aliphatic hydroxyl groups is 1. The first kappa shape index (κ1) is 20.8. The van der Waals surface area contributed by atoms with Crippen molar-refractivity contribution in [3.63, 3.8) is 0 Å². The lowest BCUT2D eigenvalue weighted by molar-refractivity contribution is 0.0194. The summed E-state index contributed by atoms with van der Waals surface area (Å²) in [6.45, 7) is 14.2. The van der Waals surface area contributed by atoms with Crippen molar-refractivity contribution in [1.29, 1.82) is 0 Å². The van der Waals surface area contributed by atoms with Crippen molar-refractivity contribution in [2.24, 2.45) is 0 Å². The summed E-state index contributed by atoms with van der Waals surface area (Å²) in [5.41, 5.74) is 0.513. The van der Waals surface area contributed by atoms with Crippen LogP contribution in [0.1, 0.15) is 74.1 Å². The molecule has 1 unspecified atom stereocenters. The van der Waals surface area contributed by atoms with Gasteiger partial charge < -0.3 is 14.7 Å². The molecule has 0 saturated carbocycles. The standard InChI is InChI=1S/C20H35NO3/c1-8-15(3)20(23,16(4)9-2)13-12-17-11-10-14-21(17)18(22)24-19(5,6)7/h8-9,17,23H,10-14H2,1-7H3/b15-8-,16-9+/t17-,20?/m0/s1. The number of carbonyl (C=O) groups is 1. The SMILES string of the molecule is C/C=C(/C)C(O)(CC[C@@H]1CCCN1C(=O)OC(C)(C)C)/C(C)=C/C. The third kappa shape index (κ3) is 5.10. The molecular weight excluding hydrogens is 302 g/mol. The first-order valence-electron chi connectivity index (χ1n) is 9.04. The van der Waals surface area contributed by atoms with Crippen LogP contribution in [0.4, 0.5) is 4.79 Å². The van der Waals surface area contributed by atoms with Gasteiger partial charge in [0.2, 0.25) is 0 Å². The maximum absolute atomic E-state index is 12.4. The second-order valence-electron chi connectivity index (χ2n) is 7.81. The van der Waals surface area contributed by atoms with Gasteiger partial charge in [0.05, 0.1) is 0 Å². The molecule has 1 aliphatic heterocycles. The monoisotopic (exact) mass is 337 g/mol. The number of likely N-dealkylation sites (tertiary alicyclic amines) is 1. The number of carbonyl (C=O) groups excluding carboxylic acids is 1. The Labute approximate surface area is 147 Å². The average molecular weight is 338 g/mol. The van der Waals surface area contributed by atoms with Crippen LogP contribution in [0.25, 0.3) is 0 Å². The normalized spacial score (nSPS) is 22.5. The Bertz CT molecular complexity index is 482. The Morgan fingerprint density at radius 2 is 1.75 bits per heavy atom. The molecule has 1 N–H and O–H groups in total. The van der Waals surface area contributed by atoms with Gasteiger partial charge in [0, 0.05) is 12.6 Å². The summed E-state index contributed by atoms with van der Waals surface area (Å²) >= 11 is 0. The molecule has 1 aliphatic rings. The third-order valence-corrected chi connectivity index (χ3v) is 5.02. The van der Waals surface area contributed by atoms with Gasteiger partial charge >= 0.3 is 6.09 Å². The molecule has 4 nitrogen and oxygen atoms in total. The Morgan fingerprint density at radius 1 is 1.21 bits per heavy atom. The maximum Gasteiger partial charge on any atom is 0.410 e. The van der Waals surface area contributed by atoms with Crippen LogP contribution in [0, 0.1) is 0 Å². The lowest BCUT2D eigenvalue weighted by Gasteiger charge is -2.34. The zero-order chi connectivity index (χ0) is 18.5. The van der Waals surface area contributed by atoms with Gasteiger partial charge in [-0.2, -0.15) is 0 Å². The van der Waals surface area contributed by atoms with Gasteiger partial charge in [-0.25, -0.2) is 4.79 Å². The predicted octanol–water partition coefficient (Wildman–Crippen LogP) is 4.83. The van der Waals surface area contributed by atoms with Gasteiger partial charge in [-0.05, 0) is 85.3 Å². The smallest absolute Gasteiger partial charge is 0.410 e. The fraction of sp³-hybridized carbons (Fsp3) is 0.750. The van der Waals surface area contributed by atoms with Crippen LogP contribution in [-0.2, 0) is 4.74 Å². The highest BCUT2D eigenvalue weighted by atomic mass is 16.6. The van der Waals surface area contributed by atoms with E-state index in [1.54, 1.807) is 0 Å². The van der Waals surface area contributed by atoms with Crippen molar-refractivity contribution in [3.05, 3.63) is 23.3 Å². The summed E-state index contributed by atoms with van der Waals surface area (Å²) in [6.07, 6.45) is 7.04. The maximum atomic E-state index is 12.4. The molecule has 0 radical (unpaired) electrons. The zero-order valence-corrected chi connectivity index (χ0v) is 16.5. The van der Waals surface area contributed by atoms with Gasteiger partial charge in [-0.15, -0.1) is 0 Å². The molecule has 0 aromatic rings. The van der Waals surface area contributed by atoms with Crippen LogP contribution in [0.2, 0.25) is 0 Å². The van der Waals surface area contributed by atoms with Crippen LogP contribution in [0.3, 0.4) is 0 Å². The predicted molar refractivity (Wildman–Crippen MR) is 99.0 cm³/mol. The van der Waals surface area contributed by atoms with Gasteiger partial charge in [0.1, 0.15) is 11.2 Å². The Morgan fingerprint density at radius 3 is 2.21 bits per heavy atom. The highest BCUT2D eigenvalue weighted by Gasteiger charge is 2.36. The quantitative estimate of drug-likeness (QED) is 0.731. The summed E-state index contributed by atoms with van der Waals surface area (Å²) in [4.78, 5) is 14.2. The van der Waals surface area contributed by atoms with Crippen LogP contribution in [-0.4, -0.2) is 39.9 Å². The van der Waals surface area contributed by atoms with Gasteiger partial charge in [0.25, 0.3) is 0 Å². The molecular formula is C20H35NO3. The lowest BCUT2D eigenvalue weighted by atomic mass is 9.81. The van der Waals surface area contributed by atoms with Gasteiger partial charge in [-0.1, -0.05) is 12.2 Å². The van der Waals surface area contributed by atoms with Crippen LogP contribution in [0.5, 0.6) is 0 Å². The third-order valence-electron chi connectivity index (χ3n) is 5.02. The van der Waals surface area contributed by atoms with E-state index >= 15 is 0 Å². The molecule has 1 heterocycles. The van der Waals surface area contributed by atoms with E-state index in [2.05, 4.69) is 0 Å². The van der Waals surface area contributed by atoms with Crippen molar-refractivity contribution in [3.8, 4) is 0 Å². The Balaban J connectivity index is 2.82. The minimum atomic E-state index is -0.925. The molecule has 0 bridgehead atoms. The molecule has 1 rings (SSSR count). The van der Waals surface area contributed by atoms with E-state index in [1.165, 1.54) is 0 Å². The average Bonchev–Trinajstić information content (AvgIpc) is 2.97. The second-order valence-corrected chi connectivity index (χ2v) is 7.81. The van der Waals surface area contributed by atoms with E-state index < -0.39 is 11.2 Å². The van der Waals surface area contributed by atoms with Crippen molar-refractivity contribution in [2.45, 2.75) is 91.4 Å². The van der Waals surface area contributed by atoms with E-state index in [4.69, 9.17) is 4.74 Å². The summed E-state index contributed by atoms with van der Waals surface area (Å²) in [5, 5.41) is 11.1. The Hall–Kier alpha value is -1.29. The molecule has 1 amide bonds. The topological polar surface area (TPSA) is 49.8 Å². The largest absolute Gasteiger partial charge is 0.444 e. The molecule has 1 saturated heterocycles.